The van der Waals surface area contributed by atoms with E-state index in [9.17, 15) is 23.2 Å². The van der Waals surface area contributed by atoms with Crippen LogP contribution in [0.5, 0.6) is 0 Å². The Labute approximate surface area is 182 Å². The van der Waals surface area contributed by atoms with E-state index in [1.165, 1.54) is 6.26 Å². The maximum absolute atomic E-state index is 13.6. The summed E-state index contributed by atoms with van der Waals surface area (Å²) in [4.78, 5) is 35.8. The van der Waals surface area contributed by atoms with E-state index in [1.807, 2.05) is 0 Å². The Balaban J connectivity index is 1.39. The molecule has 0 atom stereocenters. The smallest absolute Gasteiger partial charge is 0.319 e. The number of halogens is 2. The van der Waals surface area contributed by atoms with Crippen molar-refractivity contribution in [1.82, 2.24) is 10.6 Å². The highest BCUT2D eigenvalue weighted by Crippen LogP contribution is 2.14. The number of anilines is 2. The van der Waals surface area contributed by atoms with Crippen molar-refractivity contribution in [3.63, 3.8) is 0 Å². The molecule has 8 nitrogen and oxygen atoms in total. The third kappa shape index (κ3) is 6.66. The molecule has 0 fully saturated rings. The SMILES string of the molecule is O=C(CCNC(=O)c1ccc(F)cc1F)Nc1ccc(NC(=O)NCc2ccco2)cc1. The van der Waals surface area contributed by atoms with Crippen LogP contribution in [0.1, 0.15) is 22.5 Å². The number of carbonyl (C=O) groups excluding carboxylic acids is 3. The molecule has 0 radical (unpaired) electrons. The molecule has 10 heteroatoms. The van der Waals surface area contributed by atoms with Crippen molar-refractivity contribution in [3.8, 4) is 0 Å². The average Bonchev–Trinajstić information content (AvgIpc) is 3.27. The maximum Gasteiger partial charge on any atom is 0.319 e. The minimum absolute atomic E-state index is 0.0308. The predicted molar refractivity (Wildman–Crippen MR) is 113 cm³/mol. The molecular weight excluding hydrogens is 422 g/mol. The number of carbonyl (C=O) groups is 3. The normalized spacial score (nSPS) is 10.3. The van der Waals surface area contributed by atoms with E-state index in [1.54, 1.807) is 36.4 Å². The lowest BCUT2D eigenvalue weighted by molar-refractivity contribution is -0.116. The fourth-order valence-corrected chi connectivity index (χ4v) is 2.67. The number of nitrogens with one attached hydrogen (secondary N) is 4. The quantitative estimate of drug-likeness (QED) is 0.427. The van der Waals surface area contributed by atoms with Crippen LogP contribution in [-0.4, -0.2) is 24.4 Å². The number of hydrogen-bond acceptors (Lipinski definition) is 4. The largest absolute Gasteiger partial charge is 0.467 e. The van der Waals surface area contributed by atoms with Crippen LogP contribution in [0.15, 0.2) is 65.3 Å². The van der Waals surface area contributed by atoms with Gasteiger partial charge < -0.3 is 25.7 Å². The van der Waals surface area contributed by atoms with Crippen LogP contribution in [0, 0.1) is 11.6 Å². The van der Waals surface area contributed by atoms with Gasteiger partial charge in [-0.2, -0.15) is 0 Å². The van der Waals surface area contributed by atoms with Crippen LogP contribution < -0.4 is 21.3 Å². The molecule has 3 aromatic rings. The van der Waals surface area contributed by atoms with Crippen LogP contribution in [0.25, 0.3) is 0 Å². The predicted octanol–water partition coefficient (Wildman–Crippen LogP) is 3.64. The van der Waals surface area contributed by atoms with E-state index in [0.29, 0.717) is 23.2 Å². The van der Waals surface area contributed by atoms with Gasteiger partial charge in [0.15, 0.2) is 0 Å². The zero-order chi connectivity index (χ0) is 22.9. The highest BCUT2D eigenvalue weighted by molar-refractivity contribution is 5.95. The number of amides is 4. The molecule has 0 saturated heterocycles. The zero-order valence-electron chi connectivity index (χ0n) is 16.8. The van der Waals surface area contributed by atoms with Gasteiger partial charge in [0.05, 0.1) is 18.4 Å². The number of urea groups is 1. The summed E-state index contributed by atoms with van der Waals surface area (Å²) in [6, 6.07) is 12.1. The van der Waals surface area contributed by atoms with Crippen molar-refractivity contribution >= 4 is 29.2 Å². The highest BCUT2D eigenvalue weighted by Gasteiger charge is 2.12. The Morgan fingerprint density at radius 2 is 1.59 bits per heavy atom. The van der Waals surface area contributed by atoms with Crippen molar-refractivity contribution < 1.29 is 27.6 Å². The molecule has 0 aliphatic rings. The van der Waals surface area contributed by atoms with E-state index in [0.717, 1.165) is 12.1 Å². The standard InChI is InChI=1S/C22H20F2N4O4/c23-14-3-8-18(19(24)12-14)21(30)25-10-9-20(29)27-15-4-6-16(7-5-15)28-22(31)26-13-17-2-1-11-32-17/h1-8,11-12H,9-10,13H2,(H,25,30)(H,27,29)(H2,26,28,31). The fraction of sp³-hybridized carbons (Fsp3) is 0.136. The van der Waals surface area contributed by atoms with Crippen LogP contribution in [0.2, 0.25) is 0 Å². The van der Waals surface area contributed by atoms with Gasteiger partial charge in [0.2, 0.25) is 5.91 Å². The molecule has 1 aromatic heterocycles. The highest BCUT2D eigenvalue weighted by atomic mass is 19.1. The van der Waals surface area contributed by atoms with Crippen molar-refractivity contribution in [2.45, 2.75) is 13.0 Å². The molecule has 0 unspecified atom stereocenters. The lowest BCUT2D eigenvalue weighted by Gasteiger charge is -2.09. The molecule has 0 spiro atoms. The van der Waals surface area contributed by atoms with Crippen molar-refractivity contribution in [1.29, 1.82) is 0 Å². The Bertz CT molecular complexity index is 1090. The fourth-order valence-electron chi connectivity index (χ4n) is 2.67. The summed E-state index contributed by atoms with van der Waals surface area (Å²) in [6.45, 7) is 0.217. The molecule has 3 rings (SSSR count). The molecule has 0 aliphatic heterocycles. The average molecular weight is 442 g/mol. The van der Waals surface area contributed by atoms with Gasteiger partial charge in [-0.05, 0) is 48.5 Å². The van der Waals surface area contributed by atoms with E-state index in [4.69, 9.17) is 4.42 Å². The Morgan fingerprint density at radius 3 is 2.25 bits per heavy atom. The molecule has 32 heavy (non-hydrogen) atoms. The van der Waals surface area contributed by atoms with E-state index >= 15 is 0 Å². The number of hydrogen-bond donors (Lipinski definition) is 4. The molecule has 4 amide bonds. The summed E-state index contributed by atoms with van der Waals surface area (Å²) in [5.41, 5.74) is 0.712. The summed E-state index contributed by atoms with van der Waals surface area (Å²) in [6.07, 6.45) is 1.46. The number of furan rings is 1. The van der Waals surface area contributed by atoms with Gasteiger partial charge in [0.25, 0.3) is 5.91 Å². The second-order valence-corrected chi connectivity index (χ2v) is 6.64. The molecule has 0 bridgehead atoms. The number of benzene rings is 2. The molecule has 1 heterocycles. The third-order valence-corrected chi connectivity index (χ3v) is 4.24. The lowest BCUT2D eigenvalue weighted by Crippen LogP contribution is -2.28. The molecular formula is C22H20F2N4O4. The second-order valence-electron chi connectivity index (χ2n) is 6.64. The lowest BCUT2D eigenvalue weighted by atomic mass is 10.2. The Morgan fingerprint density at radius 1 is 0.875 bits per heavy atom. The summed E-state index contributed by atoms with van der Waals surface area (Å²) >= 11 is 0. The van der Waals surface area contributed by atoms with Crippen molar-refractivity contribution in [3.05, 3.63) is 83.8 Å². The van der Waals surface area contributed by atoms with Crippen molar-refractivity contribution in [2.75, 3.05) is 17.2 Å². The van der Waals surface area contributed by atoms with Crippen LogP contribution in [0.4, 0.5) is 25.0 Å². The van der Waals surface area contributed by atoms with Gasteiger partial charge in [-0.25, -0.2) is 13.6 Å². The summed E-state index contributed by atoms with van der Waals surface area (Å²) < 4.78 is 31.6. The van der Waals surface area contributed by atoms with Crippen molar-refractivity contribution in [2.24, 2.45) is 0 Å². The van der Waals surface area contributed by atoms with Gasteiger partial charge in [-0.15, -0.1) is 0 Å². The van der Waals surface area contributed by atoms with Crippen LogP contribution >= 0.6 is 0 Å². The van der Waals surface area contributed by atoms with Gasteiger partial charge in [-0.1, -0.05) is 0 Å². The van der Waals surface area contributed by atoms with Gasteiger partial charge in [0.1, 0.15) is 17.4 Å². The second kappa shape index (κ2) is 10.7. The topological polar surface area (TPSA) is 112 Å². The summed E-state index contributed by atoms with van der Waals surface area (Å²) in [7, 11) is 0. The zero-order valence-corrected chi connectivity index (χ0v) is 16.8. The first-order valence-electron chi connectivity index (χ1n) is 9.61. The van der Waals surface area contributed by atoms with Crippen LogP contribution in [0.3, 0.4) is 0 Å². The van der Waals surface area contributed by atoms with Gasteiger partial charge in [0, 0.05) is 30.4 Å². The number of rotatable bonds is 8. The molecule has 4 N–H and O–H groups in total. The maximum atomic E-state index is 13.6. The minimum atomic E-state index is -0.977. The first-order valence-corrected chi connectivity index (χ1v) is 9.61. The molecule has 0 aliphatic carbocycles. The third-order valence-electron chi connectivity index (χ3n) is 4.24. The molecule has 2 aromatic carbocycles. The summed E-state index contributed by atoms with van der Waals surface area (Å²) in [5.74, 6) is -2.25. The van der Waals surface area contributed by atoms with Gasteiger partial charge in [-0.3, -0.25) is 9.59 Å². The first kappa shape index (κ1) is 22.5. The van der Waals surface area contributed by atoms with E-state index in [2.05, 4.69) is 21.3 Å². The van der Waals surface area contributed by atoms with Gasteiger partial charge >= 0.3 is 6.03 Å². The monoisotopic (exact) mass is 442 g/mol. The molecule has 166 valence electrons. The van der Waals surface area contributed by atoms with Crippen LogP contribution in [-0.2, 0) is 11.3 Å². The van der Waals surface area contributed by atoms with E-state index < -0.39 is 23.6 Å². The molecule has 0 saturated carbocycles. The first-order chi connectivity index (χ1) is 15.4. The minimum Gasteiger partial charge on any atom is -0.467 e. The summed E-state index contributed by atoms with van der Waals surface area (Å²) in [5, 5.41) is 10.3. The Kier molecular flexibility index (Phi) is 7.52. The van der Waals surface area contributed by atoms with E-state index in [-0.39, 0.29) is 31.0 Å². The Hall–Kier alpha value is -4.21.